The van der Waals surface area contributed by atoms with Crippen LogP contribution in [-0.2, 0) is 4.74 Å². The van der Waals surface area contributed by atoms with Gasteiger partial charge in [0.2, 0.25) is 5.82 Å². The summed E-state index contributed by atoms with van der Waals surface area (Å²) in [6, 6.07) is 13.2. The molecule has 0 fully saturated rings. The van der Waals surface area contributed by atoms with Gasteiger partial charge < -0.3 is 14.6 Å². The Hall–Kier alpha value is -2.51. The van der Waals surface area contributed by atoms with Crippen LogP contribution in [0, 0.1) is 0 Å². The van der Waals surface area contributed by atoms with Crippen LogP contribution < -0.4 is 5.32 Å². The number of hydrogen-bond donors (Lipinski definition) is 1. The fourth-order valence-corrected chi connectivity index (χ4v) is 3.06. The molecular formula is C18H19N3O3S. The Balaban J connectivity index is 1.62. The predicted octanol–water partition coefficient (Wildman–Crippen LogP) is 3.62. The third kappa shape index (κ3) is 4.52. The largest absolute Gasteiger partial charge is 0.382 e. The first-order chi connectivity index (χ1) is 12.3. The number of carbonyl (C=O) groups is 1. The van der Waals surface area contributed by atoms with Gasteiger partial charge in [-0.25, -0.2) is 0 Å². The zero-order valence-corrected chi connectivity index (χ0v) is 14.7. The average Bonchev–Trinajstić information content (AvgIpc) is 3.31. The Morgan fingerprint density at radius 1 is 1.24 bits per heavy atom. The van der Waals surface area contributed by atoms with Crippen molar-refractivity contribution in [2.24, 2.45) is 0 Å². The van der Waals surface area contributed by atoms with E-state index in [-0.39, 0.29) is 5.91 Å². The van der Waals surface area contributed by atoms with Crippen molar-refractivity contribution in [2.45, 2.75) is 13.3 Å². The van der Waals surface area contributed by atoms with Gasteiger partial charge in [0.15, 0.2) is 0 Å². The number of amides is 1. The normalized spacial score (nSPS) is 10.8. The summed E-state index contributed by atoms with van der Waals surface area (Å²) < 4.78 is 10.6. The smallest absolute Gasteiger partial charge is 0.261 e. The number of ether oxygens (including phenoxy) is 1. The highest BCUT2D eigenvalue weighted by Gasteiger charge is 2.15. The molecule has 0 unspecified atom stereocenters. The van der Waals surface area contributed by atoms with E-state index in [2.05, 4.69) is 15.5 Å². The maximum atomic E-state index is 12.1. The van der Waals surface area contributed by atoms with E-state index in [1.54, 1.807) is 6.07 Å². The number of carbonyl (C=O) groups excluding carboxylic acids is 1. The number of aromatic nitrogens is 2. The molecule has 0 bridgehead atoms. The summed E-state index contributed by atoms with van der Waals surface area (Å²) in [5, 5.41) is 6.89. The van der Waals surface area contributed by atoms with Gasteiger partial charge in [-0.05, 0) is 37.6 Å². The van der Waals surface area contributed by atoms with Crippen LogP contribution in [0.2, 0.25) is 0 Å². The van der Waals surface area contributed by atoms with Crippen molar-refractivity contribution < 1.29 is 14.1 Å². The second-order valence-electron chi connectivity index (χ2n) is 5.26. The van der Waals surface area contributed by atoms with Crippen molar-refractivity contribution in [3.05, 3.63) is 47.3 Å². The molecule has 25 heavy (non-hydrogen) atoms. The van der Waals surface area contributed by atoms with E-state index in [4.69, 9.17) is 9.26 Å². The molecule has 1 amide bonds. The van der Waals surface area contributed by atoms with Gasteiger partial charge in [-0.1, -0.05) is 23.4 Å². The van der Waals surface area contributed by atoms with E-state index in [9.17, 15) is 4.79 Å². The second-order valence-corrected chi connectivity index (χ2v) is 6.34. The lowest BCUT2D eigenvalue weighted by Crippen LogP contribution is -2.24. The zero-order valence-electron chi connectivity index (χ0n) is 13.9. The zero-order chi connectivity index (χ0) is 17.5. The topological polar surface area (TPSA) is 77.2 Å². The Morgan fingerprint density at radius 3 is 2.88 bits per heavy atom. The van der Waals surface area contributed by atoms with Crippen LogP contribution in [0.5, 0.6) is 0 Å². The molecule has 0 aliphatic rings. The minimum Gasteiger partial charge on any atom is -0.382 e. The van der Waals surface area contributed by atoms with Crippen molar-refractivity contribution in [1.29, 1.82) is 0 Å². The van der Waals surface area contributed by atoms with Crippen LogP contribution in [0.4, 0.5) is 0 Å². The van der Waals surface area contributed by atoms with E-state index in [0.29, 0.717) is 36.4 Å². The summed E-state index contributed by atoms with van der Waals surface area (Å²) in [7, 11) is 0. The maximum Gasteiger partial charge on any atom is 0.261 e. The molecule has 2 aromatic heterocycles. The van der Waals surface area contributed by atoms with Crippen LogP contribution in [-0.4, -0.2) is 35.8 Å². The highest BCUT2D eigenvalue weighted by molar-refractivity contribution is 7.17. The van der Waals surface area contributed by atoms with Gasteiger partial charge in [-0.3, -0.25) is 4.79 Å². The Bertz CT molecular complexity index is 814. The molecule has 1 N–H and O–H groups in total. The van der Waals surface area contributed by atoms with E-state index in [0.717, 1.165) is 16.9 Å². The fourth-order valence-electron chi connectivity index (χ4n) is 2.21. The summed E-state index contributed by atoms with van der Waals surface area (Å²) in [6.45, 7) is 3.88. The lowest BCUT2D eigenvalue weighted by Gasteiger charge is -2.03. The highest BCUT2D eigenvalue weighted by atomic mass is 32.1. The molecule has 6 nitrogen and oxygen atoms in total. The minimum absolute atomic E-state index is 0.0977. The maximum absolute atomic E-state index is 12.1. The van der Waals surface area contributed by atoms with Gasteiger partial charge in [0.25, 0.3) is 11.8 Å². The Kier molecular flexibility index (Phi) is 5.92. The van der Waals surface area contributed by atoms with Gasteiger partial charge in [-0.15, -0.1) is 11.3 Å². The van der Waals surface area contributed by atoms with Gasteiger partial charge in [-0.2, -0.15) is 4.98 Å². The van der Waals surface area contributed by atoms with Crippen LogP contribution in [0.15, 0.2) is 47.0 Å². The molecule has 0 spiro atoms. The van der Waals surface area contributed by atoms with Gasteiger partial charge >= 0.3 is 0 Å². The van der Waals surface area contributed by atoms with Crippen LogP contribution >= 0.6 is 11.3 Å². The molecular weight excluding hydrogens is 338 g/mol. The molecule has 1 aromatic carbocycles. The summed E-state index contributed by atoms with van der Waals surface area (Å²) in [5.74, 6) is 0.852. The van der Waals surface area contributed by atoms with Crippen molar-refractivity contribution >= 4 is 17.2 Å². The number of nitrogens with zero attached hydrogens (tertiary/aromatic N) is 2. The fraction of sp³-hybridized carbons (Fsp3) is 0.278. The number of rotatable bonds is 8. The molecule has 0 saturated heterocycles. The summed E-state index contributed by atoms with van der Waals surface area (Å²) in [4.78, 5) is 18.0. The van der Waals surface area contributed by atoms with Gasteiger partial charge in [0.1, 0.15) is 0 Å². The van der Waals surface area contributed by atoms with Crippen LogP contribution in [0.3, 0.4) is 0 Å². The lowest BCUT2D eigenvalue weighted by molar-refractivity contribution is 0.0948. The van der Waals surface area contributed by atoms with E-state index in [1.807, 2.05) is 43.3 Å². The van der Waals surface area contributed by atoms with Crippen LogP contribution in [0.1, 0.15) is 23.0 Å². The lowest BCUT2D eigenvalue weighted by atomic mass is 10.2. The summed E-state index contributed by atoms with van der Waals surface area (Å²) in [6.07, 6.45) is 0.795. The highest BCUT2D eigenvalue weighted by Crippen LogP contribution is 2.28. The summed E-state index contributed by atoms with van der Waals surface area (Å²) >= 11 is 1.34. The van der Waals surface area contributed by atoms with Crippen molar-refractivity contribution in [3.8, 4) is 22.2 Å². The molecule has 0 aliphatic carbocycles. The first-order valence-electron chi connectivity index (χ1n) is 8.13. The number of hydrogen-bond acceptors (Lipinski definition) is 6. The molecule has 0 saturated carbocycles. The van der Waals surface area contributed by atoms with Gasteiger partial charge in [0.05, 0.1) is 9.75 Å². The second kappa shape index (κ2) is 8.55. The third-order valence-corrected chi connectivity index (χ3v) is 4.53. The van der Waals surface area contributed by atoms with Crippen molar-refractivity contribution in [3.63, 3.8) is 0 Å². The molecule has 2 heterocycles. The average molecular weight is 357 g/mol. The molecule has 7 heteroatoms. The molecule has 0 atom stereocenters. The first kappa shape index (κ1) is 17.3. The quantitative estimate of drug-likeness (QED) is 0.623. The first-order valence-corrected chi connectivity index (χ1v) is 8.95. The predicted molar refractivity (Wildman–Crippen MR) is 96.5 cm³/mol. The third-order valence-electron chi connectivity index (χ3n) is 3.45. The molecule has 130 valence electrons. The van der Waals surface area contributed by atoms with E-state index >= 15 is 0 Å². The molecule has 3 aromatic rings. The van der Waals surface area contributed by atoms with Crippen molar-refractivity contribution in [2.75, 3.05) is 19.8 Å². The number of nitrogens with one attached hydrogen (secondary N) is 1. The van der Waals surface area contributed by atoms with E-state index in [1.165, 1.54) is 11.3 Å². The van der Waals surface area contributed by atoms with E-state index < -0.39 is 0 Å². The Labute approximate surface area is 149 Å². The summed E-state index contributed by atoms with van der Waals surface area (Å²) in [5.41, 5.74) is 0.866. The molecule has 3 rings (SSSR count). The Morgan fingerprint density at radius 2 is 2.08 bits per heavy atom. The number of thiophene rings is 1. The van der Waals surface area contributed by atoms with Crippen LogP contribution in [0.25, 0.3) is 22.2 Å². The SMILES string of the molecule is CCOCCCNC(=O)c1ccc(-c2noc(-c3ccccc3)n2)s1. The van der Waals surface area contributed by atoms with Crippen molar-refractivity contribution in [1.82, 2.24) is 15.5 Å². The standard InChI is InChI=1S/C18H19N3O3S/c1-2-23-12-6-11-19-17(22)15-10-9-14(25-15)16-20-18(24-21-16)13-7-4-3-5-8-13/h3-5,7-10H,2,6,11-12H2,1H3,(H,19,22). The molecule has 0 aliphatic heterocycles. The van der Waals surface area contributed by atoms with Gasteiger partial charge in [0, 0.05) is 25.3 Å². The number of benzene rings is 1. The minimum atomic E-state index is -0.0977. The molecule has 0 radical (unpaired) electrons. The monoisotopic (exact) mass is 357 g/mol.